The van der Waals surface area contributed by atoms with E-state index >= 15 is 0 Å². The molecule has 1 aromatic heterocycles. The molecule has 0 bridgehead atoms. The van der Waals surface area contributed by atoms with E-state index in [1.165, 1.54) is 12.1 Å². The van der Waals surface area contributed by atoms with Crippen LogP contribution in [0, 0.1) is 5.92 Å². The third-order valence-corrected chi connectivity index (χ3v) is 9.94. The van der Waals surface area contributed by atoms with Crippen molar-refractivity contribution in [2.45, 2.75) is 57.0 Å². The highest BCUT2D eigenvalue weighted by atomic mass is 31.1. The number of alkyl carbamates (subject to hydrolysis) is 1. The number of carbonyl (C=O) groups is 3. The summed E-state index contributed by atoms with van der Waals surface area (Å²) >= 11 is 0. The minimum atomic E-state index is -2.99. The Morgan fingerprint density at radius 2 is 1.39 bits per heavy atom. The fourth-order valence-corrected chi connectivity index (χ4v) is 6.96. The Bertz CT molecular complexity index is 1960. The minimum Gasteiger partial charge on any atom is -0.508 e. The second-order valence-electron chi connectivity index (χ2n) is 12.7. The number of aromatic hydroxyl groups is 1. The first kappa shape index (κ1) is 39.4. The van der Waals surface area contributed by atoms with Gasteiger partial charge < -0.3 is 29.7 Å². The Morgan fingerprint density at radius 1 is 0.778 bits per heavy atom. The maximum atomic E-state index is 14.3. The molecule has 0 aliphatic heterocycles. The van der Waals surface area contributed by atoms with Crippen LogP contribution in [-0.2, 0) is 49.5 Å². The van der Waals surface area contributed by atoms with Gasteiger partial charge >= 0.3 is 20.1 Å². The summed E-state index contributed by atoms with van der Waals surface area (Å²) < 4.78 is 29.7. The molecule has 0 saturated heterocycles. The quantitative estimate of drug-likeness (QED) is 0.0569. The number of ether oxygens (including phenoxy) is 2. The van der Waals surface area contributed by atoms with Gasteiger partial charge in [0.2, 0.25) is 11.6 Å². The van der Waals surface area contributed by atoms with Crippen LogP contribution >= 0.6 is 8.03 Å². The molecule has 0 aliphatic rings. The number of nitrogens with zero attached hydrogens (tertiary/aromatic N) is 1. The summed E-state index contributed by atoms with van der Waals surface area (Å²) in [4.78, 5) is 51.5. The molecule has 4 N–H and O–H groups in total. The third kappa shape index (κ3) is 11.8. The minimum absolute atomic E-state index is 0.0167. The highest BCUT2D eigenvalue weighted by Crippen LogP contribution is 2.34. The van der Waals surface area contributed by atoms with Gasteiger partial charge in [0.1, 0.15) is 29.9 Å². The fraction of sp³-hybridized carbons (Fsp3) is 0.268. The van der Waals surface area contributed by atoms with Gasteiger partial charge in [-0.05, 0) is 46.7 Å². The van der Waals surface area contributed by atoms with Crippen molar-refractivity contribution in [1.29, 1.82) is 0 Å². The molecule has 4 aromatic carbocycles. The Balaban J connectivity index is 1.44. The molecule has 2 amide bonds. The summed E-state index contributed by atoms with van der Waals surface area (Å²) in [6, 6.07) is 33.4. The SMILES string of the molecule is CCOC(=O)C(Cc1ccc(O)cc1)NC(=O)[C@@H](Cc1cc(-c2ccccc2)no1)CC([C@@H](Cc1ccccc1)NC(=O)OCc1ccccc1)[P+](=O)O. The number of esters is 1. The van der Waals surface area contributed by atoms with Gasteiger partial charge in [-0.1, -0.05) is 108 Å². The van der Waals surface area contributed by atoms with Crippen LogP contribution in [0.15, 0.2) is 126 Å². The molecule has 0 aliphatic carbocycles. The van der Waals surface area contributed by atoms with Gasteiger partial charge in [-0.2, -0.15) is 4.89 Å². The second-order valence-corrected chi connectivity index (χ2v) is 14.0. The van der Waals surface area contributed by atoms with Gasteiger partial charge in [-0.25, -0.2) is 9.59 Å². The molecule has 3 unspecified atom stereocenters. The predicted molar refractivity (Wildman–Crippen MR) is 201 cm³/mol. The van der Waals surface area contributed by atoms with Crippen molar-refractivity contribution in [3.63, 3.8) is 0 Å². The summed E-state index contributed by atoms with van der Waals surface area (Å²) in [6.45, 7) is 1.71. The average Bonchev–Trinajstić information content (AvgIpc) is 3.65. The number of aromatic nitrogens is 1. The van der Waals surface area contributed by atoms with E-state index in [0.717, 1.165) is 16.7 Å². The van der Waals surface area contributed by atoms with Gasteiger partial charge in [0.25, 0.3) is 0 Å². The van der Waals surface area contributed by atoms with Gasteiger partial charge in [0.05, 0.1) is 12.6 Å². The largest absolute Gasteiger partial charge is 0.510 e. The highest BCUT2D eigenvalue weighted by Gasteiger charge is 2.43. The number of hydrogen-bond donors (Lipinski definition) is 4. The molecule has 1 heterocycles. The van der Waals surface area contributed by atoms with Crippen molar-refractivity contribution in [1.82, 2.24) is 15.8 Å². The predicted octanol–water partition coefficient (Wildman–Crippen LogP) is 6.53. The zero-order chi connectivity index (χ0) is 38.3. The van der Waals surface area contributed by atoms with E-state index in [4.69, 9.17) is 14.0 Å². The zero-order valence-corrected chi connectivity index (χ0v) is 30.6. The molecule has 0 fully saturated rings. The van der Waals surface area contributed by atoms with E-state index in [2.05, 4.69) is 15.8 Å². The number of rotatable bonds is 18. The molecular formula is C41H43N3O9P+. The van der Waals surface area contributed by atoms with Crippen LogP contribution < -0.4 is 10.6 Å². The van der Waals surface area contributed by atoms with Crippen molar-refractivity contribution in [3.05, 3.63) is 144 Å². The number of nitrogens with one attached hydrogen (secondary N) is 2. The Kier molecular flexibility index (Phi) is 14.5. The number of phenols is 1. The summed E-state index contributed by atoms with van der Waals surface area (Å²) in [6.07, 6.45) is -0.807. The first-order valence-electron chi connectivity index (χ1n) is 17.6. The van der Waals surface area contributed by atoms with E-state index in [9.17, 15) is 28.9 Å². The first-order valence-corrected chi connectivity index (χ1v) is 18.9. The average molecular weight is 753 g/mol. The van der Waals surface area contributed by atoms with Crippen molar-refractivity contribution in [2.24, 2.45) is 5.92 Å². The van der Waals surface area contributed by atoms with Gasteiger partial charge in [0, 0.05) is 36.8 Å². The summed E-state index contributed by atoms with van der Waals surface area (Å²) in [7, 11) is -2.99. The van der Waals surface area contributed by atoms with E-state index in [-0.39, 0.29) is 44.6 Å². The Hall–Kier alpha value is -5.84. The summed E-state index contributed by atoms with van der Waals surface area (Å²) in [5.41, 5.74) is 2.39. The van der Waals surface area contributed by atoms with Crippen LogP contribution in [0.3, 0.4) is 0 Å². The van der Waals surface area contributed by atoms with Crippen LogP contribution in [0.4, 0.5) is 4.79 Å². The molecule has 5 atom stereocenters. The van der Waals surface area contributed by atoms with Crippen molar-refractivity contribution in [3.8, 4) is 17.0 Å². The lowest BCUT2D eigenvalue weighted by Crippen LogP contribution is -2.48. The molecule has 5 aromatic rings. The summed E-state index contributed by atoms with van der Waals surface area (Å²) in [5.74, 6) is -1.92. The molecule has 0 saturated carbocycles. The van der Waals surface area contributed by atoms with Gasteiger partial charge in [-0.15, -0.1) is 0 Å². The van der Waals surface area contributed by atoms with Crippen LogP contribution in [0.2, 0.25) is 0 Å². The monoisotopic (exact) mass is 752 g/mol. The Labute approximate surface area is 314 Å². The second kappa shape index (κ2) is 19.8. The normalized spacial score (nSPS) is 13.5. The van der Waals surface area contributed by atoms with E-state index in [0.29, 0.717) is 17.0 Å². The fourth-order valence-electron chi connectivity index (χ4n) is 6.04. The van der Waals surface area contributed by atoms with Crippen molar-refractivity contribution < 1.29 is 42.9 Å². The van der Waals surface area contributed by atoms with E-state index in [1.54, 1.807) is 25.1 Å². The molecule has 5 rings (SSSR count). The highest BCUT2D eigenvalue weighted by molar-refractivity contribution is 7.39. The maximum Gasteiger partial charge on any atom is 0.510 e. The third-order valence-electron chi connectivity index (χ3n) is 8.80. The van der Waals surface area contributed by atoms with Crippen molar-refractivity contribution in [2.75, 3.05) is 6.61 Å². The molecule has 13 heteroatoms. The Morgan fingerprint density at radius 3 is 2.02 bits per heavy atom. The molecule has 0 spiro atoms. The number of benzene rings is 4. The molecular weight excluding hydrogens is 709 g/mol. The van der Waals surface area contributed by atoms with Crippen molar-refractivity contribution >= 4 is 26.0 Å². The molecule has 54 heavy (non-hydrogen) atoms. The van der Waals surface area contributed by atoms with Crippen LogP contribution in [0.25, 0.3) is 11.3 Å². The molecule has 280 valence electrons. The lowest BCUT2D eigenvalue weighted by atomic mass is 9.91. The molecule has 0 radical (unpaired) electrons. The number of hydrogen-bond acceptors (Lipinski definition) is 9. The lowest BCUT2D eigenvalue weighted by molar-refractivity contribution is -0.147. The summed E-state index contributed by atoms with van der Waals surface area (Å²) in [5, 5.41) is 19.6. The van der Waals surface area contributed by atoms with E-state index in [1.807, 2.05) is 91.0 Å². The van der Waals surface area contributed by atoms with Crippen LogP contribution in [0.1, 0.15) is 35.8 Å². The van der Waals surface area contributed by atoms with Gasteiger partial charge in [-0.3, -0.25) is 4.79 Å². The topological polar surface area (TPSA) is 177 Å². The zero-order valence-electron chi connectivity index (χ0n) is 29.7. The van der Waals surface area contributed by atoms with E-state index < -0.39 is 49.7 Å². The number of carbonyl (C=O) groups excluding carboxylic acids is 3. The van der Waals surface area contributed by atoms with Crippen LogP contribution in [-0.4, -0.2) is 57.5 Å². The smallest absolute Gasteiger partial charge is 0.508 e. The molecule has 12 nitrogen and oxygen atoms in total. The van der Waals surface area contributed by atoms with Crippen LogP contribution in [0.5, 0.6) is 5.75 Å². The first-order chi connectivity index (χ1) is 26.2. The lowest BCUT2D eigenvalue weighted by Gasteiger charge is -2.25. The number of amides is 2. The maximum absolute atomic E-state index is 14.3. The van der Waals surface area contributed by atoms with Gasteiger partial charge in [0.15, 0.2) is 0 Å². The standard InChI is InChI=1S/C41H42N3O9P/c1-2-51-40(47)37(23-29-18-20-33(45)21-19-29)42-39(46)32(24-34-26-35(44-53-34)31-16-10-5-11-17-31)25-38(54(49)50)36(22-28-12-6-3-7-13-28)43-41(48)52-27-30-14-8-4-9-15-30/h3-21,26,32,36-38H,2,22-25,27H2,1H3,(H3-,42,43,45,46,48,49,50)/p+1/t32-,36+,37?,38?/m0/s1. The number of phenolic OH excluding ortho intramolecular Hbond substituents is 1.